The van der Waals surface area contributed by atoms with E-state index in [-0.39, 0.29) is 22.8 Å². The van der Waals surface area contributed by atoms with E-state index < -0.39 is 17.3 Å². The average Bonchev–Trinajstić information content (AvgIpc) is 3.87. The number of hydrogen-bond acceptors (Lipinski definition) is 17. The topological polar surface area (TPSA) is 239 Å². The number of nitrogens with zero attached hydrogens (tertiary/aromatic N) is 10. The van der Waals surface area contributed by atoms with Gasteiger partial charge in [0.1, 0.15) is 45.0 Å². The van der Waals surface area contributed by atoms with Crippen molar-refractivity contribution in [1.82, 2.24) is 50.5 Å². The van der Waals surface area contributed by atoms with Gasteiger partial charge in [-0.1, -0.05) is 46.5 Å². The Kier molecular flexibility index (Phi) is 18.6. The molecule has 4 aliphatic heterocycles. The number of fused-ring (bicyclic) bond motifs is 2. The maximum atomic E-state index is 15.3. The maximum Gasteiger partial charge on any atom is 0.303 e. The lowest BCUT2D eigenvalue weighted by atomic mass is 9.77. The number of piperazine rings is 1. The summed E-state index contributed by atoms with van der Waals surface area (Å²) in [6.07, 6.45) is 14.7. The van der Waals surface area contributed by atoms with Crippen molar-refractivity contribution in [2.24, 2.45) is 5.41 Å². The molecule has 6 aromatic rings. The Morgan fingerprint density at radius 1 is 0.689 bits per heavy atom. The number of ether oxygens (including phenoxy) is 1. The van der Waals surface area contributed by atoms with Gasteiger partial charge in [-0.25, -0.2) is 24.6 Å². The van der Waals surface area contributed by atoms with Crippen LogP contribution in [-0.2, 0) is 4.79 Å². The summed E-state index contributed by atoms with van der Waals surface area (Å²) in [5, 5.41) is 32.5. The van der Waals surface area contributed by atoms with E-state index in [1.54, 1.807) is 18.3 Å². The van der Waals surface area contributed by atoms with E-state index in [4.69, 9.17) is 9.72 Å². The SMILES string of the molecule is CC.CC1(CC(=O)O)CCN(c2ccc(Nc3nc(N4CCCCCC4)nc4cn[nH]c(=O)c34)cc2F)CC1.O=c1[nH]ncc2nc(N3CCCCCC3)nc(Nc3ccc(OCCCN4CCNCC4)cc3)c12. The zero-order chi connectivity index (χ0) is 51.9. The third-order valence-electron chi connectivity index (χ3n) is 14.1. The van der Waals surface area contributed by atoms with Gasteiger partial charge < -0.3 is 45.4 Å². The van der Waals surface area contributed by atoms with Crippen molar-refractivity contribution in [2.75, 3.05) is 104 Å². The number of aromatic nitrogens is 8. The largest absolute Gasteiger partial charge is 0.494 e. The molecule has 20 nitrogen and oxygen atoms in total. The minimum atomic E-state index is -0.802. The number of benzene rings is 2. The Balaban J connectivity index is 0.000000191. The van der Waals surface area contributed by atoms with E-state index in [1.807, 2.05) is 49.9 Å². The van der Waals surface area contributed by atoms with Crippen LogP contribution in [0.15, 0.2) is 64.4 Å². The molecule has 0 aliphatic carbocycles. The van der Waals surface area contributed by atoms with Crippen LogP contribution in [0.4, 0.5) is 45.0 Å². The molecule has 0 bridgehead atoms. The highest BCUT2D eigenvalue weighted by atomic mass is 19.1. The van der Waals surface area contributed by atoms with E-state index >= 15 is 4.39 Å². The van der Waals surface area contributed by atoms with Crippen LogP contribution in [0, 0.1) is 11.2 Å². The highest BCUT2D eigenvalue weighted by molar-refractivity contribution is 5.91. The van der Waals surface area contributed by atoms with Crippen LogP contribution < -0.4 is 46.5 Å². The molecule has 0 amide bonds. The Bertz CT molecular complexity index is 2890. The van der Waals surface area contributed by atoms with Crippen molar-refractivity contribution in [3.05, 3.63) is 81.4 Å². The van der Waals surface area contributed by atoms with Crippen molar-refractivity contribution >= 4 is 68.4 Å². The monoisotopic (exact) mass is 1020 g/mol. The molecule has 0 saturated carbocycles. The predicted octanol–water partition coefficient (Wildman–Crippen LogP) is 7.59. The lowest BCUT2D eigenvalue weighted by Crippen LogP contribution is -2.43. The second kappa shape index (κ2) is 25.8. The van der Waals surface area contributed by atoms with Crippen molar-refractivity contribution in [1.29, 1.82) is 0 Å². The summed E-state index contributed by atoms with van der Waals surface area (Å²) in [6.45, 7) is 16.8. The molecule has 4 aliphatic rings. The van der Waals surface area contributed by atoms with E-state index in [0.717, 1.165) is 115 Å². The molecular weight excluding hydrogens is 946 g/mol. The highest BCUT2D eigenvalue weighted by Crippen LogP contribution is 2.37. The van der Waals surface area contributed by atoms with E-state index in [1.165, 1.54) is 25.1 Å². The number of piperidine rings is 1. The number of aromatic amines is 2. The first-order valence-electron chi connectivity index (χ1n) is 26.5. The van der Waals surface area contributed by atoms with Gasteiger partial charge in [0.25, 0.3) is 11.1 Å². The molecule has 74 heavy (non-hydrogen) atoms. The third-order valence-corrected chi connectivity index (χ3v) is 14.1. The molecule has 4 aromatic heterocycles. The molecule has 21 heteroatoms. The molecule has 0 spiro atoms. The fourth-order valence-electron chi connectivity index (χ4n) is 9.98. The quantitative estimate of drug-likeness (QED) is 0.0576. The summed E-state index contributed by atoms with van der Waals surface area (Å²) in [6, 6.07) is 12.6. The summed E-state index contributed by atoms with van der Waals surface area (Å²) in [7, 11) is 0. The fraction of sp³-hybridized carbons (Fsp3) is 0.528. The van der Waals surface area contributed by atoms with E-state index in [9.17, 15) is 19.5 Å². The highest BCUT2D eigenvalue weighted by Gasteiger charge is 2.33. The number of nitrogens with one attached hydrogen (secondary N) is 5. The van der Waals surface area contributed by atoms with Gasteiger partial charge in [-0.15, -0.1) is 0 Å². The number of carboxylic acids is 1. The molecule has 396 valence electrons. The lowest BCUT2D eigenvalue weighted by Gasteiger charge is -2.39. The summed E-state index contributed by atoms with van der Waals surface area (Å²) in [4.78, 5) is 63.8. The fourth-order valence-corrected chi connectivity index (χ4v) is 9.98. The number of carboxylic acid groups (broad SMARTS) is 1. The smallest absolute Gasteiger partial charge is 0.303 e. The zero-order valence-corrected chi connectivity index (χ0v) is 43.1. The van der Waals surface area contributed by atoms with Crippen molar-refractivity contribution in [3.63, 3.8) is 0 Å². The van der Waals surface area contributed by atoms with E-state index in [0.29, 0.717) is 83.9 Å². The Labute approximate surface area is 430 Å². The van der Waals surface area contributed by atoms with Crippen molar-refractivity contribution in [3.8, 4) is 5.75 Å². The molecule has 4 fully saturated rings. The number of rotatable bonds is 14. The Morgan fingerprint density at radius 2 is 1.20 bits per heavy atom. The molecule has 0 atom stereocenters. The van der Waals surface area contributed by atoms with Gasteiger partial charge in [-0.3, -0.25) is 14.4 Å². The van der Waals surface area contributed by atoms with Crippen LogP contribution in [-0.4, -0.2) is 135 Å². The normalized spacial score (nSPS) is 17.3. The molecule has 8 heterocycles. The first-order valence-corrected chi connectivity index (χ1v) is 26.5. The van der Waals surface area contributed by atoms with Gasteiger partial charge >= 0.3 is 5.97 Å². The standard InChI is InChI=1S/C26H32FN7O3.C25H34N8O2.C2H6/c1-26(15-21(35)36)8-12-33(13-9-26)20-7-6-17(14-18(20)27)29-23-22-19(16-28-32-24(22)37)30-25(31-23)34-10-4-2-3-5-11-34;34-24-22-21(18-27-31-24)29-25(33-13-3-1-2-4-14-33)30-23(22)28-19-6-8-20(9-7-19)35-17-5-12-32-15-10-26-11-16-32;1-2/h6-7,14,16H,2-5,8-13,15H2,1H3,(H,32,37)(H,35,36)(H,29,30,31);6-9,18,26H,1-5,10-17H2,(H,31,34)(H,28,29,30);1-2H3. The van der Waals surface area contributed by atoms with Crippen molar-refractivity contribution < 1.29 is 19.0 Å². The van der Waals surface area contributed by atoms with E-state index in [2.05, 4.69) is 66.0 Å². The summed E-state index contributed by atoms with van der Waals surface area (Å²) < 4.78 is 21.2. The molecule has 6 N–H and O–H groups in total. The lowest BCUT2D eigenvalue weighted by molar-refractivity contribution is -0.139. The van der Waals surface area contributed by atoms with Gasteiger partial charge in [0.2, 0.25) is 11.9 Å². The van der Waals surface area contributed by atoms with Gasteiger partial charge in [-0.2, -0.15) is 20.2 Å². The van der Waals surface area contributed by atoms with Crippen LogP contribution in [0.5, 0.6) is 5.75 Å². The van der Waals surface area contributed by atoms with Gasteiger partial charge in [0, 0.05) is 83.4 Å². The summed E-state index contributed by atoms with van der Waals surface area (Å²) in [5.74, 6) is 1.59. The summed E-state index contributed by atoms with van der Waals surface area (Å²) >= 11 is 0. The second-order valence-corrected chi connectivity index (χ2v) is 19.6. The van der Waals surface area contributed by atoms with Crippen molar-refractivity contribution in [2.45, 2.75) is 97.8 Å². The zero-order valence-electron chi connectivity index (χ0n) is 43.1. The Hall–Kier alpha value is -7.00. The van der Waals surface area contributed by atoms with Gasteiger partial charge in [0.05, 0.1) is 31.1 Å². The van der Waals surface area contributed by atoms with Crippen LogP contribution in [0.2, 0.25) is 0 Å². The number of halogens is 1. The second-order valence-electron chi connectivity index (χ2n) is 19.6. The van der Waals surface area contributed by atoms with Crippen LogP contribution >= 0.6 is 0 Å². The Morgan fingerprint density at radius 3 is 1.72 bits per heavy atom. The minimum absolute atomic E-state index is 0.118. The molecule has 2 aromatic carbocycles. The first-order chi connectivity index (χ1) is 36.1. The van der Waals surface area contributed by atoms with Crippen LogP contribution in [0.1, 0.15) is 97.8 Å². The number of hydrogen-bond donors (Lipinski definition) is 6. The molecule has 0 unspecified atom stereocenters. The molecule has 10 rings (SSSR count). The predicted molar refractivity (Wildman–Crippen MR) is 289 cm³/mol. The minimum Gasteiger partial charge on any atom is -0.494 e. The molecule has 0 radical (unpaired) electrons. The maximum absolute atomic E-state index is 15.3. The van der Waals surface area contributed by atoms with Crippen LogP contribution in [0.3, 0.4) is 0 Å². The number of aliphatic carboxylic acids is 1. The number of H-pyrrole nitrogens is 2. The number of anilines is 7. The third kappa shape index (κ3) is 14.0. The van der Waals surface area contributed by atoms with Gasteiger partial charge in [0.15, 0.2) is 0 Å². The first kappa shape index (κ1) is 53.3. The molecule has 4 saturated heterocycles. The van der Waals surface area contributed by atoms with Crippen LogP contribution in [0.25, 0.3) is 21.8 Å². The van der Waals surface area contributed by atoms with Gasteiger partial charge in [-0.05, 0) is 92.8 Å². The number of carbonyl (C=O) groups is 1. The average molecular weight is 1020 g/mol. The molecular formula is C53H72FN15O5. The summed E-state index contributed by atoms with van der Waals surface area (Å²) in [5.41, 5.74) is 1.73.